The van der Waals surface area contributed by atoms with Crippen LogP contribution >= 0.6 is 11.6 Å². The van der Waals surface area contributed by atoms with Crippen LogP contribution in [0, 0.1) is 6.92 Å². The number of rotatable bonds is 4. The van der Waals surface area contributed by atoms with Gasteiger partial charge in [0.15, 0.2) is 0 Å². The van der Waals surface area contributed by atoms with Gasteiger partial charge in [-0.3, -0.25) is 0 Å². The van der Waals surface area contributed by atoms with Gasteiger partial charge < -0.3 is 15.1 Å². The Kier molecular flexibility index (Phi) is 5.12. The molecule has 138 valence electrons. The van der Waals surface area contributed by atoms with E-state index in [-0.39, 0.29) is 0 Å². The van der Waals surface area contributed by atoms with Gasteiger partial charge >= 0.3 is 0 Å². The largest absolute Gasteiger partial charge is 0.368 e. The van der Waals surface area contributed by atoms with E-state index in [2.05, 4.69) is 50.4 Å². The average molecular weight is 380 g/mol. The summed E-state index contributed by atoms with van der Waals surface area (Å²) in [5.41, 5.74) is 3.13. The van der Waals surface area contributed by atoms with Gasteiger partial charge in [-0.25, -0.2) is 4.98 Å². The SMILES string of the molecule is Cc1cc(Nc2cccc(Cl)c2)nc(N2CCN(c3ccccc3)CC2)n1. The van der Waals surface area contributed by atoms with E-state index in [4.69, 9.17) is 16.6 Å². The Hall–Kier alpha value is -2.79. The third-order valence-corrected chi connectivity index (χ3v) is 4.86. The summed E-state index contributed by atoms with van der Waals surface area (Å²) in [4.78, 5) is 14.0. The minimum absolute atomic E-state index is 0.697. The smallest absolute Gasteiger partial charge is 0.227 e. The van der Waals surface area contributed by atoms with Crippen molar-refractivity contribution in [1.29, 1.82) is 0 Å². The lowest BCUT2D eigenvalue weighted by molar-refractivity contribution is 0.639. The van der Waals surface area contributed by atoms with Crippen LogP contribution in [0.3, 0.4) is 0 Å². The maximum Gasteiger partial charge on any atom is 0.227 e. The van der Waals surface area contributed by atoms with E-state index in [0.717, 1.165) is 49.3 Å². The quantitative estimate of drug-likeness (QED) is 0.722. The summed E-state index contributed by atoms with van der Waals surface area (Å²) in [6, 6.07) is 20.1. The fraction of sp³-hybridized carbons (Fsp3) is 0.238. The lowest BCUT2D eigenvalue weighted by atomic mass is 10.2. The second-order valence-electron chi connectivity index (χ2n) is 6.64. The highest BCUT2D eigenvalue weighted by molar-refractivity contribution is 6.30. The number of para-hydroxylation sites is 1. The van der Waals surface area contributed by atoms with Crippen LogP contribution < -0.4 is 15.1 Å². The molecule has 6 heteroatoms. The molecule has 0 amide bonds. The van der Waals surface area contributed by atoms with Crippen molar-refractivity contribution in [2.24, 2.45) is 0 Å². The second-order valence-corrected chi connectivity index (χ2v) is 7.08. The summed E-state index contributed by atoms with van der Waals surface area (Å²) in [5.74, 6) is 1.55. The Bertz CT molecular complexity index is 907. The van der Waals surface area contributed by atoms with Gasteiger partial charge in [-0.15, -0.1) is 0 Å². The third-order valence-electron chi connectivity index (χ3n) is 4.62. The van der Waals surface area contributed by atoms with Gasteiger partial charge in [-0.05, 0) is 37.3 Å². The maximum absolute atomic E-state index is 6.07. The van der Waals surface area contributed by atoms with Gasteiger partial charge in [-0.1, -0.05) is 35.9 Å². The number of aryl methyl sites for hydroxylation is 1. The van der Waals surface area contributed by atoms with Crippen molar-refractivity contribution < 1.29 is 0 Å². The van der Waals surface area contributed by atoms with Crippen LogP contribution in [-0.2, 0) is 0 Å². The predicted molar refractivity (Wildman–Crippen MR) is 112 cm³/mol. The molecule has 1 aromatic heterocycles. The number of piperazine rings is 1. The first kappa shape index (κ1) is 17.6. The number of halogens is 1. The monoisotopic (exact) mass is 379 g/mol. The number of aromatic nitrogens is 2. The maximum atomic E-state index is 6.07. The minimum atomic E-state index is 0.697. The van der Waals surface area contributed by atoms with E-state index < -0.39 is 0 Å². The Morgan fingerprint density at radius 2 is 1.59 bits per heavy atom. The van der Waals surface area contributed by atoms with Crippen LogP contribution in [0.25, 0.3) is 0 Å². The molecule has 1 N–H and O–H groups in total. The first-order chi connectivity index (χ1) is 13.2. The van der Waals surface area contributed by atoms with Crippen molar-refractivity contribution in [2.75, 3.05) is 41.3 Å². The molecule has 3 aromatic rings. The zero-order valence-electron chi connectivity index (χ0n) is 15.3. The van der Waals surface area contributed by atoms with Crippen LogP contribution in [0.5, 0.6) is 0 Å². The van der Waals surface area contributed by atoms with E-state index in [1.165, 1.54) is 5.69 Å². The van der Waals surface area contributed by atoms with Gasteiger partial charge in [-0.2, -0.15) is 4.98 Å². The fourth-order valence-electron chi connectivity index (χ4n) is 3.28. The highest BCUT2D eigenvalue weighted by Gasteiger charge is 2.20. The molecule has 2 aromatic carbocycles. The molecule has 0 unspecified atom stereocenters. The summed E-state index contributed by atoms with van der Waals surface area (Å²) in [6.07, 6.45) is 0. The molecule has 1 fully saturated rings. The third kappa shape index (κ3) is 4.31. The molecule has 0 atom stereocenters. The highest BCUT2D eigenvalue weighted by Crippen LogP contribution is 2.22. The molecule has 4 rings (SSSR count). The number of nitrogens with one attached hydrogen (secondary N) is 1. The number of anilines is 4. The van der Waals surface area contributed by atoms with E-state index in [9.17, 15) is 0 Å². The topological polar surface area (TPSA) is 44.3 Å². The van der Waals surface area contributed by atoms with Crippen LogP contribution in [-0.4, -0.2) is 36.1 Å². The molecule has 0 saturated carbocycles. The molecule has 0 bridgehead atoms. The Morgan fingerprint density at radius 3 is 2.33 bits per heavy atom. The average Bonchev–Trinajstić information content (AvgIpc) is 2.68. The summed E-state index contributed by atoms with van der Waals surface area (Å²) >= 11 is 6.07. The Labute approximate surface area is 164 Å². The van der Waals surface area contributed by atoms with Crippen molar-refractivity contribution >= 4 is 34.7 Å². The van der Waals surface area contributed by atoms with Crippen molar-refractivity contribution in [3.8, 4) is 0 Å². The van der Waals surface area contributed by atoms with Crippen molar-refractivity contribution in [1.82, 2.24) is 9.97 Å². The zero-order chi connectivity index (χ0) is 18.6. The number of nitrogens with zero attached hydrogens (tertiary/aromatic N) is 4. The lowest BCUT2D eigenvalue weighted by Crippen LogP contribution is -2.47. The lowest BCUT2D eigenvalue weighted by Gasteiger charge is -2.36. The van der Waals surface area contributed by atoms with Crippen LogP contribution in [0.4, 0.5) is 23.1 Å². The molecule has 0 spiro atoms. The molecule has 2 heterocycles. The molecular weight excluding hydrogens is 358 g/mol. The van der Waals surface area contributed by atoms with Gasteiger partial charge in [0.05, 0.1) is 0 Å². The molecule has 1 saturated heterocycles. The number of hydrogen-bond donors (Lipinski definition) is 1. The van der Waals surface area contributed by atoms with E-state index in [0.29, 0.717) is 5.02 Å². The molecule has 5 nitrogen and oxygen atoms in total. The molecule has 0 radical (unpaired) electrons. The van der Waals surface area contributed by atoms with Crippen molar-refractivity contribution in [3.05, 3.63) is 71.4 Å². The molecule has 1 aliphatic rings. The van der Waals surface area contributed by atoms with Crippen LogP contribution in [0.1, 0.15) is 5.69 Å². The van der Waals surface area contributed by atoms with Gasteiger partial charge in [0.25, 0.3) is 0 Å². The van der Waals surface area contributed by atoms with Crippen LogP contribution in [0.15, 0.2) is 60.7 Å². The molecule has 1 aliphatic heterocycles. The summed E-state index contributed by atoms with van der Waals surface area (Å²) in [5, 5.41) is 4.02. The normalized spacial score (nSPS) is 14.3. The molecule has 0 aliphatic carbocycles. The highest BCUT2D eigenvalue weighted by atomic mass is 35.5. The van der Waals surface area contributed by atoms with E-state index >= 15 is 0 Å². The number of hydrogen-bond acceptors (Lipinski definition) is 5. The Morgan fingerprint density at radius 1 is 0.852 bits per heavy atom. The van der Waals surface area contributed by atoms with Crippen molar-refractivity contribution in [2.45, 2.75) is 6.92 Å². The minimum Gasteiger partial charge on any atom is -0.368 e. The summed E-state index contributed by atoms with van der Waals surface area (Å²) in [6.45, 7) is 5.70. The first-order valence-electron chi connectivity index (χ1n) is 9.10. The van der Waals surface area contributed by atoms with Crippen LogP contribution in [0.2, 0.25) is 5.02 Å². The van der Waals surface area contributed by atoms with Gasteiger partial charge in [0.1, 0.15) is 5.82 Å². The van der Waals surface area contributed by atoms with E-state index in [1.54, 1.807) is 0 Å². The van der Waals surface area contributed by atoms with E-state index in [1.807, 2.05) is 37.3 Å². The summed E-state index contributed by atoms with van der Waals surface area (Å²) in [7, 11) is 0. The second kappa shape index (κ2) is 7.84. The Balaban J connectivity index is 1.47. The zero-order valence-corrected chi connectivity index (χ0v) is 16.0. The predicted octanol–water partition coefficient (Wildman–Crippen LogP) is 4.51. The van der Waals surface area contributed by atoms with Gasteiger partial charge in [0.2, 0.25) is 5.95 Å². The standard InChI is InChI=1S/C21H22ClN5/c1-16-14-20(24-18-7-5-6-17(22)15-18)25-21(23-16)27-12-10-26(11-13-27)19-8-3-2-4-9-19/h2-9,14-15H,10-13H2,1H3,(H,23,24,25). The molecular formula is C21H22ClN5. The van der Waals surface area contributed by atoms with Gasteiger partial charge in [0, 0.05) is 54.3 Å². The first-order valence-corrected chi connectivity index (χ1v) is 9.48. The molecule has 27 heavy (non-hydrogen) atoms. The fourth-order valence-corrected chi connectivity index (χ4v) is 3.47. The van der Waals surface area contributed by atoms with Crippen molar-refractivity contribution in [3.63, 3.8) is 0 Å². The number of benzene rings is 2. The summed E-state index contributed by atoms with van der Waals surface area (Å²) < 4.78 is 0.